The zero-order valence-electron chi connectivity index (χ0n) is 15.2. The fraction of sp³-hybridized carbons (Fsp3) is 0.263. The largest absolute Gasteiger partial charge is 0.363 e. The number of amides is 1. The number of nitrogens with zero attached hydrogens (tertiary/aromatic N) is 2. The van der Waals surface area contributed by atoms with Crippen LogP contribution in [0.15, 0.2) is 24.3 Å². The van der Waals surface area contributed by atoms with E-state index in [9.17, 15) is 22.4 Å². The molecule has 154 valence electrons. The molecule has 1 heterocycles. The highest BCUT2D eigenvalue weighted by atomic mass is 35.5. The molecule has 0 atom stereocenters. The third kappa shape index (κ3) is 4.30. The smallest absolute Gasteiger partial charge is 0.257 e. The van der Waals surface area contributed by atoms with E-state index in [1.807, 2.05) is 13.0 Å². The van der Waals surface area contributed by atoms with Gasteiger partial charge in [-0.2, -0.15) is 0 Å². The molecule has 0 unspecified atom stereocenters. The molecule has 0 aromatic heterocycles. The van der Waals surface area contributed by atoms with Crippen LogP contribution in [0.1, 0.15) is 15.9 Å². The maximum Gasteiger partial charge on any atom is 0.257 e. The number of carbonyl (C=O) groups is 1. The lowest BCUT2D eigenvalue weighted by molar-refractivity contribution is 0.0973. The molecule has 1 saturated heterocycles. The summed E-state index contributed by atoms with van der Waals surface area (Å²) in [4.78, 5) is 15.1. The molecule has 0 radical (unpaired) electrons. The number of anilines is 1. The summed E-state index contributed by atoms with van der Waals surface area (Å²) >= 11 is 10.5. The van der Waals surface area contributed by atoms with Gasteiger partial charge in [-0.3, -0.25) is 10.1 Å². The Morgan fingerprint density at radius 1 is 1.03 bits per heavy atom. The van der Waals surface area contributed by atoms with Crippen LogP contribution in [0.25, 0.3) is 0 Å². The van der Waals surface area contributed by atoms with Crippen molar-refractivity contribution in [3.63, 3.8) is 0 Å². The molecule has 1 amide bonds. The van der Waals surface area contributed by atoms with Gasteiger partial charge in [0.2, 0.25) is 0 Å². The topological polar surface area (TPSA) is 35.6 Å². The van der Waals surface area contributed by atoms with Gasteiger partial charge in [-0.25, -0.2) is 17.6 Å². The molecule has 1 fully saturated rings. The Morgan fingerprint density at radius 2 is 1.62 bits per heavy atom. The van der Waals surface area contributed by atoms with Crippen molar-refractivity contribution in [1.82, 2.24) is 10.2 Å². The van der Waals surface area contributed by atoms with E-state index in [0.29, 0.717) is 5.56 Å². The van der Waals surface area contributed by atoms with Crippen LogP contribution < -0.4 is 10.2 Å². The minimum absolute atomic E-state index is 0.0365. The lowest BCUT2D eigenvalue weighted by Crippen LogP contribution is -2.53. The van der Waals surface area contributed by atoms with E-state index in [0.717, 1.165) is 5.56 Å². The van der Waals surface area contributed by atoms with Gasteiger partial charge in [0.1, 0.15) is 10.7 Å². The number of nitrogens with one attached hydrogen (secondary N) is 1. The summed E-state index contributed by atoms with van der Waals surface area (Å²) in [5.74, 6) is -6.73. The number of piperazine rings is 1. The summed E-state index contributed by atoms with van der Waals surface area (Å²) in [5, 5.41) is 1.55. The first-order valence-electron chi connectivity index (χ1n) is 8.64. The normalized spacial score (nSPS) is 14.1. The predicted octanol–water partition coefficient (Wildman–Crippen LogP) is 4.04. The standard InChI is InChI=1S/C19H16ClF4N3OS/c1-10-3-2-4-11(9-10)18(28)25-19(29)27-7-5-26(6-8-27)17-15(23)13(21)12(20)14(22)16(17)24/h2-4,9H,5-8H2,1H3,(H,25,28,29). The molecule has 2 aromatic carbocycles. The number of halogens is 5. The third-order valence-electron chi connectivity index (χ3n) is 4.57. The molecule has 0 aliphatic carbocycles. The van der Waals surface area contributed by atoms with E-state index >= 15 is 0 Å². The van der Waals surface area contributed by atoms with Crippen LogP contribution in [0.4, 0.5) is 23.2 Å². The van der Waals surface area contributed by atoms with Crippen LogP contribution in [0.3, 0.4) is 0 Å². The van der Waals surface area contributed by atoms with Gasteiger partial charge >= 0.3 is 0 Å². The van der Waals surface area contributed by atoms with Crippen molar-refractivity contribution in [1.29, 1.82) is 0 Å². The number of hydrogen-bond donors (Lipinski definition) is 1. The second-order valence-corrected chi connectivity index (χ2v) is 7.29. The number of hydrogen-bond acceptors (Lipinski definition) is 3. The number of carbonyl (C=O) groups excluding carboxylic acids is 1. The quantitative estimate of drug-likeness (QED) is 0.327. The minimum Gasteiger partial charge on any atom is -0.363 e. The van der Waals surface area contributed by atoms with Crippen LogP contribution in [-0.2, 0) is 0 Å². The molecule has 1 aliphatic rings. The van der Waals surface area contributed by atoms with Gasteiger partial charge in [0.05, 0.1) is 0 Å². The van der Waals surface area contributed by atoms with E-state index in [2.05, 4.69) is 5.32 Å². The second-order valence-electron chi connectivity index (χ2n) is 6.52. The van der Waals surface area contributed by atoms with Gasteiger partial charge in [0, 0.05) is 31.7 Å². The van der Waals surface area contributed by atoms with Gasteiger partial charge < -0.3 is 9.80 Å². The molecule has 1 N–H and O–H groups in total. The average molecular weight is 446 g/mol. The highest BCUT2D eigenvalue weighted by Gasteiger charge is 2.30. The second kappa shape index (κ2) is 8.54. The maximum absolute atomic E-state index is 14.1. The van der Waals surface area contributed by atoms with Gasteiger partial charge in [-0.1, -0.05) is 29.3 Å². The van der Waals surface area contributed by atoms with Crippen LogP contribution in [0.5, 0.6) is 0 Å². The zero-order valence-corrected chi connectivity index (χ0v) is 16.8. The van der Waals surface area contributed by atoms with E-state index in [4.69, 9.17) is 23.8 Å². The average Bonchev–Trinajstić information content (AvgIpc) is 2.71. The highest BCUT2D eigenvalue weighted by Crippen LogP contribution is 2.33. The Morgan fingerprint density at radius 3 is 2.17 bits per heavy atom. The molecule has 4 nitrogen and oxygen atoms in total. The Labute approximate surface area is 175 Å². The Hall–Kier alpha value is -2.39. The summed E-state index contributed by atoms with van der Waals surface area (Å²) in [6, 6.07) is 6.97. The van der Waals surface area contributed by atoms with E-state index in [1.54, 1.807) is 23.1 Å². The third-order valence-corrected chi connectivity index (χ3v) is 5.26. The van der Waals surface area contributed by atoms with E-state index in [1.165, 1.54) is 4.90 Å². The molecule has 1 aliphatic heterocycles. The Kier molecular flexibility index (Phi) is 6.28. The molecule has 29 heavy (non-hydrogen) atoms. The monoisotopic (exact) mass is 445 g/mol. The molecule has 2 aromatic rings. The number of rotatable bonds is 2. The van der Waals surface area contributed by atoms with Crippen molar-refractivity contribution in [3.8, 4) is 0 Å². The fourth-order valence-electron chi connectivity index (χ4n) is 3.04. The van der Waals surface area contributed by atoms with Crippen molar-refractivity contribution in [2.45, 2.75) is 6.92 Å². The van der Waals surface area contributed by atoms with Crippen molar-refractivity contribution in [2.24, 2.45) is 0 Å². The minimum atomic E-state index is -1.64. The number of aryl methyl sites for hydroxylation is 1. The molecular formula is C19H16ClF4N3OS. The van der Waals surface area contributed by atoms with Crippen molar-refractivity contribution < 1.29 is 22.4 Å². The van der Waals surface area contributed by atoms with Crippen molar-refractivity contribution in [2.75, 3.05) is 31.1 Å². The van der Waals surface area contributed by atoms with E-state index < -0.39 is 34.0 Å². The number of thiocarbonyl (C=S) groups is 1. The van der Waals surface area contributed by atoms with Gasteiger partial charge in [0.15, 0.2) is 28.4 Å². The SMILES string of the molecule is Cc1cccc(C(=O)NC(=S)N2CCN(c3c(F)c(F)c(Cl)c(F)c3F)CC2)c1. The summed E-state index contributed by atoms with van der Waals surface area (Å²) in [6.07, 6.45) is 0. The van der Waals surface area contributed by atoms with Crippen LogP contribution >= 0.6 is 23.8 Å². The van der Waals surface area contributed by atoms with Gasteiger partial charge in [-0.05, 0) is 31.3 Å². The van der Waals surface area contributed by atoms with Gasteiger partial charge in [0.25, 0.3) is 5.91 Å². The fourth-order valence-corrected chi connectivity index (χ4v) is 3.48. The van der Waals surface area contributed by atoms with Crippen molar-refractivity contribution >= 4 is 40.5 Å². The lowest BCUT2D eigenvalue weighted by Gasteiger charge is -2.37. The highest BCUT2D eigenvalue weighted by molar-refractivity contribution is 7.80. The summed E-state index contributed by atoms with van der Waals surface area (Å²) in [7, 11) is 0. The molecule has 3 rings (SSSR count). The molecule has 0 saturated carbocycles. The number of benzene rings is 2. The van der Waals surface area contributed by atoms with Crippen LogP contribution in [-0.4, -0.2) is 42.1 Å². The lowest BCUT2D eigenvalue weighted by atomic mass is 10.1. The Balaban J connectivity index is 1.67. The molecule has 0 spiro atoms. The van der Waals surface area contributed by atoms with Crippen LogP contribution in [0.2, 0.25) is 5.02 Å². The summed E-state index contributed by atoms with van der Waals surface area (Å²) in [5.41, 5.74) is 0.560. The zero-order chi connectivity index (χ0) is 21.3. The summed E-state index contributed by atoms with van der Waals surface area (Å²) < 4.78 is 55.7. The first-order chi connectivity index (χ1) is 13.7. The van der Waals surface area contributed by atoms with Crippen molar-refractivity contribution in [3.05, 3.63) is 63.7 Å². The first kappa shape index (κ1) is 21.3. The first-order valence-corrected chi connectivity index (χ1v) is 9.42. The van der Waals surface area contributed by atoms with E-state index in [-0.39, 0.29) is 37.2 Å². The Bertz CT molecular complexity index is 951. The predicted molar refractivity (Wildman–Crippen MR) is 106 cm³/mol. The van der Waals surface area contributed by atoms with Gasteiger partial charge in [-0.15, -0.1) is 0 Å². The van der Waals surface area contributed by atoms with Crippen LogP contribution in [0, 0.1) is 30.2 Å². The molecule has 10 heteroatoms. The molecule has 0 bridgehead atoms. The summed E-state index contributed by atoms with van der Waals surface area (Å²) in [6.45, 7) is 2.31. The maximum atomic E-state index is 14.1. The molecular weight excluding hydrogens is 430 g/mol.